The highest BCUT2D eigenvalue weighted by molar-refractivity contribution is 9.10. The van der Waals surface area contributed by atoms with Crippen LogP contribution in [0.25, 0.3) is 11.4 Å². The van der Waals surface area contributed by atoms with Crippen LogP contribution in [0.3, 0.4) is 0 Å². The molecular weight excluding hydrogens is 322 g/mol. The average Bonchev–Trinajstić information content (AvgIpc) is 3.08. The van der Waals surface area contributed by atoms with Gasteiger partial charge in [0.2, 0.25) is 0 Å². The minimum atomic E-state index is 0.171. The number of ether oxygens (including phenoxy) is 1. The smallest absolute Gasteiger partial charge is 0.182 e. The highest BCUT2D eigenvalue weighted by atomic mass is 79.9. The number of hydrogen-bond donors (Lipinski definition) is 1. The van der Waals surface area contributed by atoms with E-state index in [4.69, 9.17) is 10.5 Å². The van der Waals surface area contributed by atoms with E-state index in [0.29, 0.717) is 5.69 Å². The van der Waals surface area contributed by atoms with Crippen molar-refractivity contribution in [2.75, 3.05) is 12.8 Å². The molecule has 2 unspecified atom stereocenters. The van der Waals surface area contributed by atoms with Crippen LogP contribution in [-0.2, 0) is 4.74 Å². The Morgan fingerprint density at radius 1 is 1.40 bits per heavy atom. The predicted molar refractivity (Wildman–Crippen MR) is 79.1 cm³/mol. The maximum Gasteiger partial charge on any atom is 0.182 e. The lowest BCUT2D eigenvalue weighted by Crippen LogP contribution is -2.22. The first-order valence-corrected chi connectivity index (χ1v) is 7.36. The number of nitrogens with two attached hydrogens (primary N) is 1. The third-order valence-corrected chi connectivity index (χ3v) is 4.50. The van der Waals surface area contributed by atoms with Gasteiger partial charge in [0.05, 0.1) is 12.1 Å². The molecule has 0 amide bonds. The highest BCUT2D eigenvalue weighted by Crippen LogP contribution is 2.34. The fourth-order valence-electron chi connectivity index (χ4n) is 2.75. The number of methoxy groups -OCH3 is 1. The van der Waals surface area contributed by atoms with Gasteiger partial charge in [-0.1, -0.05) is 0 Å². The highest BCUT2D eigenvalue weighted by Gasteiger charge is 2.31. The summed E-state index contributed by atoms with van der Waals surface area (Å²) < 4.78 is 8.27. The molecule has 2 aromatic rings. The molecule has 1 heterocycles. The third-order valence-electron chi connectivity index (χ3n) is 3.78. The summed E-state index contributed by atoms with van der Waals surface area (Å²) in [7, 11) is 1.74. The van der Waals surface area contributed by atoms with Crippen molar-refractivity contribution in [2.45, 2.75) is 31.4 Å². The number of rotatable bonds is 3. The van der Waals surface area contributed by atoms with Crippen LogP contribution in [0.2, 0.25) is 0 Å². The van der Waals surface area contributed by atoms with Gasteiger partial charge in [-0.05, 0) is 63.8 Å². The molecule has 106 valence electrons. The summed E-state index contributed by atoms with van der Waals surface area (Å²) in [6, 6.07) is 5.93. The summed E-state index contributed by atoms with van der Waals surface area (Å²) in [4.78, 5) is 0. The lowest BCUT2D eigenvalue weighted by Gasteiger charge is -2.19. The van der Waals surface area contributed by atoms with Gasteiger partial charge in [0.1, 0.15) is 0 Å². The van der Waals surface area contributed by atoms with Crippen molar-refractivity contribution in [2.24, 2.45) is 0 Å². The van der Waals surface area contributed by atoms with Gasteiger partial charge in [-0.3, -0.25) is 0 Å². The summed E-state index contributed by atoms with van der Waals surface area (Å²) >= 11 is 3.39. The van der Waals surface area contributed by atoms with Crippen LogP contribution < -0.4 is 5.73 Å². The standard InChI is InChI=1S/C13H16BrN5O/c1-20-12-4-2-3-11(12)19-13(16-17-18-19)8-5-6-9(14)10(15)7-8/h5-7,11-12H,2-4,15H2,1H3. The summed E-state index contributed by atoms with van der Waals surface area (Å²) in [5, 5.41) is 12.1. The summed E-state index contributed by atoms with van der Waals surface area (Å²) in [6.45, 7) is 0. The summed E-state index contributed by atoms with van der Waals surface area (Å²) in [6.07, 6.45) is 3.38. The number of aromatic nitrogens is 4. The fourth-order valence-corrected chi connectivity index (χ4v) is 3.00. The van der Waals surface area contributed by atoms with Gasteiger partial charge in [-0.15, -0.1) is 5.10 Å². The Balaban J connectivity index is 1.99. The Morgan fingerprint density at radius 2 is 2.25 bits per heavy atom. The number of benzene rings is 1. The van der Waals surface area contributed by atoms with Crippen LogP contribution in [-0.4, -0.2) is 33.4 Å². The quantitative estimate of drug-likeness (QED) is 0.870. The first-order chi connectivity index (χ1) is 9.70. The van der Waals surface area contributed by atoms with Crippen molar-refractivity contribution < 1.29 is 4.74 Å². The van der Waals surface area contributed by atoms with Crippen LogP contribution in [0.1, 0.15) is 25.3 Å². The van der Waals surface area contributed by atoms with Crippen molar-refractivity contribution in [1.82, 2.24) is 20.2 Å². The van der Waals surface area contributed by atoms with Crippen molar-refractivity contribution in [3.63, 3.8) is 0 Å². The molecule has 0 saturated heterocycles. The van der Waals surface area contributed by atoms with Gasteiger partial charge in [-0.2, -0.15) is 0 Å². The van der Waals surface area contributed by atoms with Crippen LogP contribution in [0.5, 0.6) is 0 Å². The number of nitrogens with zero attached hydrogens (tertiary/aromatic N) is 4. The zero-order chi connectivity index (χ0) is 14.1. The fraction of sp³-hybridized carbons (Fsp3) is 0.462. The molecule has 1 aliphatic rings. The molecule has 6 nitrogen and oxygen atoms in total. The number of hydrogen-bond acceptors (Lipinski definition) is 5. The van der Waals surface area contributed by atoms with E-state index in [1.807, 2.05) is 22.9 Å². The van der Waals surface area contributed by atoms with E-state index in [0.717, 1.165) is 35.1 Å². The molecule has 20 heavy (non-hydrogen) atoms. The molecule has 1 aromatic heterocycles. The molecule has 2 N–H and O–H groups in total. The largest absolute Gasteiger partial charge is 0.398 e. The van der Waals surface area contributed by atoms with E-state index in [2.05, 4.69) is 31.5 Å². The summed E-state index contributed by atoms with van der Waals surface area (Å²) in [5.41, 5.74) is 7.52. The predicted octanol–water partition coefficient (Wildman–Crippen LogP) is 2.42. The normalized spacial score (nSPS) is 22.3. The van der Waals surface area contributed by atoms with Gasteiger partial charge < -0.3 is 10.5 Å². The molecule has 2 atom stereocenters. The molecule has 1 saturated carbocycles. The third kappa shape index (κ3) is 2.31. The first-order valence-electron chi connectivity index (χ1n) is 6.56. The number of nitrogen functional groups attached to an aromatic ring is 1. The van der Waals surface area contributed by atoms with E-state index in [-0.39, 0.29) is 12.1 Å². The van der Waals surface area contributed by atoms with Gasteiger partial charge in [0.15, 0.2) is 5.82 Å². The van der Waals surface area contributed by atoms with Crippen molar-refractivity contribution in [1.29, 1.82) is 0 Å². The van der Waals surface area contributed by atoms with Gasteiger partial charge >= 0.3 is 0 Å². The molecule has 0 bridgehead atoms. The number of tetrazole rings is 1. The molecule has 0 spiro atoms. The Labute approximate surface area is 125 Å². The minimum absolute atomic E-state index is 0.171. The van der Waals surface area contributed by atoms with E-state index in [1.165, 1.54) is 0 Å². The minimum Gasteiger partial charge on any atom is -0.398 e. The van der Waals surface area contributed by atoms with Gasteiger partial charge in [0, 0.05) is 22.8 Å². The number of anilines is 1. The molecular formula is C13H16BrN5O. The molecule has 7 heteroatoms. The zero-order valence-electron chi connectivity index (χ0n) is 11.2. The second-order valence-corrected chi connectivity index (χ2v) is 5.81. The number of halogens is 1. The van der Waals surface area contributed by atoms with E-state index in [1.54, 1.807) is 7.11 Å². The van der Waals surface area contributed by atoms with E-state index in [9.17, 15) is 0 Å². The Hall–Kier alpha value is -1.47. The van der Waals surface area contributed by atoms with Crippen LogP contribution >= 0.6 is 15.9 Å². The molecule has 0 aliphatic heterocycles. The molecule has 1 aliphatic carbocycles. The van der Waals surface area contributed by atoms with Crippen LogP contribution in [0.15, 0.2) is 22.7 Å². The SMILES string of the molecule is COC1CCCC1n1nnnc1-c1ccc(Br)c(N)c1. The lowest BCUT2D eigenvalue weighted by molar-refractivity contribution is 0.0708. The second-order valence-electron chi connectivity index (χ2n) is 4.96. The van der Waals surface area contributed by atoms with Gasteiger partial charge in [0.25, 0.3) is 0 Å². The monoisotopic (exact) mass is 337 g/mol. The van der Waals surface area contributed by atoms with E-state index >= 15 is 0 Å². The van der Waals surface area contributed by atoms with Crippen molar-refractivity contribution in [3.8, 4) is 11.4 Å². The second kappa shape index (κ2) is 5.49. The molecule has 3 rings (SSSR count). The summed E-state index contributed by atoms with van der Waals surface area (Å²) in [5.74, 6) is 0.734. The van der Waals surface area contributed by atoms with Crippen LogP contribution in [0, 0.1) is 0 Å². The average molecular weight is 338 g/mol. The Bertz CT molecular complexity index is 615. The van der Waals surface area contributed by atoms with Gasteiger partial charge in [-0.25, -0.2) is 4.68 Å². The first kappa shape index (κ1) is 13.5. The van der Waals surface area contributed by atoms with Crippen LogP contribution in [0.4, 0.5) is 5.69 Å². The van der Waals surface area contributed by atoms with Crippen molar-refractivity contribution >= 4 is 21.6 Å². The van der Waals surface area contributed by atoms with E-state index < -0.39 is 0 Å². The Kier molecular flexibility index (Phi) is 3.71. The lowest BCUT2D eigenvalue weighted by atomic mass is 10.1. The Morgan fingerprint density at radius 3 is 3.00 bits per heavy atom. The maximum absolute atomic E-state index is 5.93. The molecule has 1 aromatic carbocycles. The topological polar surface area (TPSA) is 78.8 Å². The molecule has 1 fully saturated rings. The molecule has 0 radical (unpaired) electrons. The maximum atomic E-state index is 5.93. The van der Waals surface area contributed by atoms with Crippen molar-refractivity contribution in [3.05, 3.63) is 22.7 Å². The zero-order valence-corrected chi connectivity index (χ0v) is 12.7.